The van der Waals surface area contributed by atoms with Crippen molar-refractivity contribution in [1.82, 2.24) is 25.0 Å². The lowest BCUT2D eigenvalue weighted by molar-refractivity contribution is -0.137. The van der Waals surface area contributed by atoms with E-state index in [0.29, 0.717) is 55.4 Å². The fourth-order valence-electron chi connectivity index (χ4n) is 9.41. The van der Waals surface area contributed by atoms with E-state index in [1.165, 1.54) is 0 Å². The van der Waals surface area contributed by atoms with Crippen molar-refractivity contribution in [3.05, 3.63) is 82.8 Å². The van der Waals surface area contributed by atoms with E-state index in [-0.39, 0.29) is 42.1 Å². The lowest BCUT2D eigenvalue weighted by atomic mass is 9.95. The maximum atomic E-state index is 13.5. The monoisotopic (exact) mass is 787 g/mol. The lowest BCUT2D eigenvalue weighted by Gasteiger charge is -2.45. The van der Waals surface area contributed by atoms with Crippen LogP contribution in [0.15, 0.2) is 54.7 Å². The number of amides is 4. The topological polar surface area (TPSA) is 126 Å². The number of carbonyl (C=O) groups is 4. The van der Waals surface area contributed by atoms with Crippen molar-refractivity contribution >= 4 is 46.5 Å². The van der Waals surface area contributed by atoms with Crippen LogP contribution in [0.1, 0.15) is 61.0 Å². The molecule has 58 heavy (non-hydrogen) atoms. The Morgan fingerprint density at radius 3 is 2.36 bits per heavy atom. The second-order valence-corrected chi connectivity index (χ2v) is 16.5. The summed E-state index contributed by atoms with van der Waals surface area (Å²) in [4.78, 5) is 72.3. The summed E-state index contributed by atoms with van der Waals surface area (Å²) in [6, 6.07) is 15.4. The predicted octanol–water partition coefficient (Wildman–Crippen LogP) is 4.11. The highest BCUT2D eigenvalue weighted by Crippen LogP contribution is 2.35. The zero-order valence-electron chi connectivity index (χ0n) is 33.7. The first-order chi connectivity index (χ1) is 28.1. The van der Waals surface area contributed by atoms with Crippen LogP contribution in [0.5, 0.6) is 5.75 Å². The van der Waals surface area contributed by atoms with Gasteiger partial charge in [0.1, 0.15) is 17.6 Å². The minimum absolute atomic E-state index is 0.0343. The highest BCUT2D eigenvalue weighted by molar-refractivity contribution is 6.05. The maximum Gasteiger partial charge on any atom is 0.255 e. The number of anilines is 3. The number of hydrogen-bond acceptors (Lipinski definition) is 10. The number of piperidine rings is 2. The van der Waals surface area contributed by atoms with Crippen LogP contribution in [0.2, 0.25) is 0 Å². The van der Waals surface area contributed by atoms with Crippen LogP contribution in [0.3, 0.4) is 0 Å². The number of nitrogens with one attached hydrogen (secondary N) is 1. The Morgan fingerprint density at radius 1 is 0.879 bits per heavy atom. The number of pyridine rings is 1. The summed E-state index contributed by atoms with van der Waals surface area (Å²) >= 11 is 0. The zero-order valence-corrected chi connectivity index (χ0v) is 33.7. The molecule has 4 amide bonds. The van der Waals surface area contributed by atoms with Crippen LogP contribution < -0.4 is 24.8 Å². The van der Waals surface area contributed by atoms with Crippen LogP contribution in [0.4, 0.5) is 22.9 Å². The average molecular weight is 788 g/mol. The molecule has 4 fully saturated rings. The zero-order chi connectivity index (χ0) is 40.5. The first-order valence-electron chi connectivity index (χ1n) is 20.6. The van der Waals surface area contributed by atoms with Gasteiger partial charge in [-0.05, 0) is 86.6 Å². The molecule has 0 bridgehead atoms. The van der Waals surface area contributed by atoms with E-state index < -0.39 is 6.04 Å². The lowest BCUT2D eigenvalue weighted by Crippen LogP contribution is -2.58. The van der Waals surface area contributed by atoms with Gasteiger partial charge in [-0.1, -0.05) is 12.1 Å². The Balaban J connectivity index is 0.769. The summed E-state index contributed by atoms with van der Waals surface area (Å²) in [6.07, 6.45) is 5.03. The van der Waals surface area contributed by atoms with Crippen molar-refractivity contribution in [1.29, 1.82) is 0 Å². The van der Waals surface area contributed by atoms with Gasteiger partial charge >= 0.3 is 0 Å². The molecule has 0 unspecified atom stereocenters. The minimum Gasteiger partial charge on any atom is -0.508 e. The smallest absolute Gasteiger partial charge is 0.255 e. The van der Waals surface area contributed by atoms with Gasteiger partial charge in [0.05, 0.1) is 20.1 Å². The van der Waals surface area contributed by atoms with Crippen molar-refractivity contribution < 1.29 is 23.9 Å². The summed E-state index contributed by atoms with van der Waals surface area (Å²) in [7, 11) is 1.58. The third kappa shape index (κ3) is 8.05. The Labute approximate surface area is 340 Å². The van der Waals surface area contributed by atoms with Crippen molar-refractivity contribution in [3.63, 3.8) is 0 Å². The van der Waals surface area contributed by atoms with Gasteiger partial charge in [0.2, 0.25) is 23.4 Å². The van der Waals surface area contributed by atoms with Crippen LogP contribution in [0, 0.1) is 12.5 Å². The van der Waals surface area contributed by atoms with Crippen molar-refractivity contribution in [2.45, 2.75) is 70.6 Å². The van der Waals surface area contributed by atoms with Crippen LogP contribution in [-0.2, 0) is 27.3 Å². The summed E-state index contributed by atoms with van der Waals surface area (Å²) < 4.78 is 5.44. The number of methoxy groups -OCH3 is 1. The third-order valence-electron chi connectivity index (χ3n) is 12.8. The van der Waals surface area contributed by atoms with Gasteiger partial charge in [-0.3, -0.25) is 29.4 Å². The molecule has 0 saturated carbocycles. The number of aromatic nitrogens is 1. The number of piperazine rings is 2. The fraction of sp³-hybridized carbons (Fsp3) is 0.500. The number of fused-ring (bicyclic) bond motifs is 1. The van der Waals surface area contributed by atoms with Crippen LogP contribution in [0.25, 0.3) is 4.85 Å². The van der Waals surface area contributed by atoms with Crippen molar-refractivity contribution in [3.8, 4) is 5.75 Å². The van der Waals surface area contributed by atoms with Gasteiger partial charge in [-0.25, -0.2) is 9.83 Å². The molecule has 0 radical (unpaired) electrons. The van der Waals surface area contributed by atoms with Crippen molar-refractivity contribution in [2.24, 2.45) is 5.92 Å². The van der Waals surface area contributed by atoms with Gasteiger partial charge in [-0.2, -0.15) is 0 Å². The molecule has 8 rings (SSSR count). The molecule has 5 aliphatic rings. The minimum atomic E-state index is -0.599. The number of carbonyl (C=O) groups excluding carboxylic acids is 4. The molecule has 304 valence electrons. The summed E-state index contributed by atoms with van der Waals surface area (Å²) in [5.74, 6) is 1.48. The molecule has 0 aliphatic carbocycles. The van der Waals surface area contributed by atoms with E-state index in [0.717, 1.165) is 87.0 Å². The molecule has 3 atom stereocenters. The van der Waals surface area contributed by atoms with Crippen LogP contribution >= 0.6 is 0 Å². The SMILES string of the molecule is [C-]#[N+]c1ccc(N2C[C@@H](C)N(C(=O)Cc3ccc(N4CCC(CN5CCN(c6ccc7c(c6)CN([C@H]6CCC(=O)NC6=O)C7=O)CC5)CC4)nc3)C[C@@H]2C)cc1OC. The van der Waals surface area contributed by atoms with Gasteiger partial charge < -0.3 is 29.2 Å². The van der Waals surface area contributed by atoms with Gasteiger partial charge in [0.25, 0.3) is 5.91 Å². The average Bonchev–Trinajstić information content (AvgIpc) is 3.56. The molecule has 14 heteroatoms. The molecule has 0 spiro atoms. The Morgan fingerprint density at radius 2 is 1.66 bits per heavy atom. The van der Waals surface area contributed by atoms with Crippen molar-refractivity contribution in [2.75, 3.05) is 80.7 Å². The normalized spacial score (nSPS) is 23.2. The van der Waals surface area contributed by atoms with Crippen LogP contribution in [-0.4, -0.2) is 127 Å². The Hall–Kier alpha value is -5.68. The molecule has 14 nitrogen and oxygen atoms in total. The first kappa shape index (κ1) is 39.2. The maximum absolute atomic E-state index is 13.5. The number of nitrogens with zero attached hydrogens (tertiary/aromatic N) is 8. The number of imide groups is 1. The highest BCUT2D eigenvalue weighted by Gasteiger charge is 2.39. The molecule has 3 aromatic rings. The van der Waals surface area contributed by atoms with E-state index in [1.54, 1.807) is 18.1 Å². The second kappa shape index (κ2) is 16.7. The van der Waals surface area contributed by atoms with E-state index >= 15 is 0 Å². The fourth-order valence-corrected chi connectivity index (χ4v) is 9.41. The molecular weight excluding hydrogens is 735 g/mol. The summed E-state index contributed by atoms with van der Waals surface area (Å²) in [5.41, 5.74) is 5.11. The van der Waals surface area contributed by atoms with E-state index in [2.05, 4.69) is 61.8 Å². The first-order valence-corrected chi connectivity index (χ1v) is 20.6. The quantitative estimate of drug-likeness (QED) is 0.250. The highest BCUT2D eigenvalue weighted by atomic mass is 16.5. The molecular formula is C44H53N9O5. The Kier molecular flexibility index (Phi) is 11.2. The number of benzene rings is 2. The molecule has 2 aromatic carbocycles. The largest absolute Gasteiger partial charge is 0.508 e. The summed E-state index contributed by atoms with van der Waals surface area (Å²) in [5, 5.41) is 2.38. The Bertz CT molecular complexity index is 2090. The van der Waals surface area contributed by atoms with Gasteiger partial charge in [-0.15, -0.1) is 0 Å². The van der Waals surface area contributed by atoms with E-state index in [4.69, 9.17) is 16.3 Å². The molecule has 4 saturated heterocycles. The second-order valence-electron chi connectivity index (χ2n) is 16.5. The number of hydrogen-bond donors (Lipinski definition) is 1. The van der Waals surface area contributed by atoms with E-state index in [9.17, 15) is 19.2 Å². The molecule has 6 heterocycles. The molecule has 1 N–H and O–H groups in total. The molecule has 1 aromatic heterocycles. The van der Waals surface area contributed by atoms with E-state index in [1.807, 2.05) is 35.4 Å². The molecule has 5 aliphatic heterocycles. The summed E-state index contributed by atoms with van der Waals surface area (Å²) in [6.45, 7) is 20.1. The third-order valence-corrected chi connectivity index (χ3v) is 12.8. The number of ether oxygens (including phenoxy) is 1. The predicted molar refractivity (Wildman–Crippen MR) is 221 cm³/mol. The standard InChI is InChI=1S/C44H53N9O5/c1-29-26-52(30(2)25-51(29)35-7-9-37(45-3)39(23-35)58-4)42(55)21-32-5-11-40(46-24-32)50-15-13-31(14-16-50)27-48-17-19-49(20-18-48)34-6-8-36-33(22-34)28-53(44(36)57)38-10-12-41(54)47-43(38)56/h5-9,11,22-24,29-31,38H,10,12-21,25-28H2,1-2,4H3,(H,47,54,56)/t29-,30+,38-/m0/s1. The number of rotatable bonds is 9. The van der Waals surface area contributed by atoms with Gasteiger partial charge in [0, 0.05) is 107 Å². The van der Waals surface area contributed by atoms with Gasteiger partial charge in [0.15, 0.2) is 0 Å².